The van der Waals surface area contributed by atoms with Gasteiger partial charge in [-0.25, -0.2) is 0 Å². The van der Waals surface area contributed by atoms with E-state index in [1.54, 1.807) is 11.0 Å². The summed E-state index contributed by atoms with van der Waals surface area (Å²) in [6.07, 6.45) is 5.47. The molecule has 0 bridgehead atoms. The first-order chi connectivity index (χ1) is 14.0. The van der Waals surface area contributed by atoms with Crippen LogP contribution in [0.2, 0.25) is 0 Å². The summed E-state index contributed by atoms with van der Waals surface area (Å²) in [5.74, 6) is -0.248. The number of carbonyl (C=O) groups is 2. The SMILES string of the molecule is CC1CC(NC(=O)c2ccc3c(c2)CCCCN3)CN1C(=O)c1cc(C#N)c[nH]1. The smallest absolute Gasteiger partial charge is 0.270 e. The molecule has 7 heteroatoms. The number of carbonyl (C=O) groups excluding carboxylic acids is 2. The van der Waals surface area contributed by atoms with Gasteiger partial charge in [0, 0.05) is 42.6 Å². The summed E-state index contributed by atoms with van der Waals surface area (Å²) in [7, 11) is 0. The van der Waals surface area contributed by atoms with Crippen molar-refractivity contribution in [2.24, 2.45) is 0 Å². The van der Waals surface area contributed by atoms with E-state index in [0.717, 1.165) is 31.5 Å². The lowest BCUT2D eigenvalue weighted by atomic mass is 10.0. The number of amides is 2. The van der Waals surface area contributed by atoms with Crippen LogP contribution in [0.25, 0.3) is 0 Å². The zero-order valence-corrected chi connectivity index (χ0v) is 16.5. The van der Waals surface area contributed by atoms with Crippen LogP contribution in [0.3, 0.4) is 0 Å². The number of rotatable bonds is 3. The van der Waals surface area contributed by atoms with E-state index in [-0.39, 0.29) is 23.9 Å². The first-order valence-electron chi connectivity index (χ1n) is 10.1. The third kappa shape index (κ3) is 3.97. The van der Waals surface area contributed by atoms with Crippen molar-refractivity contribution in [1.82, 2.24) is 15.2 Å². The number of aromatic nitrogens is 1. The lowest BCUT2D eigenvalue weighted by Crippen LogP contribution is -2.39. The molecule has 1 fully saturated rings. The Labute approximate surface area is 170 Å². The predicted octanol–water partition coefficient (Wildman–Crippen LogP) is 2.67. The Morgan fingerprint density at radius 3 is 2.93 bits per heavy atom. The number of aryl methyl sites for hydroxylation is 1. The number of nitrogens with one attached hydrogen (secondary N) is 3. The van der Waals surface area contributed by atoms with Crippen LogP contribution in [0.4, 0.5) is 5.69 Å². The van der Waals surface area contributed by atoms with Gasteiger partial charge in [0.2, 0.25) is 0 Å². The zero-order chi connectivity index (χ0) is 20.4. The highest BCUT2D eigenvalue weighted by Crippen LogP contribution is 2.24. The van der Waals surface area contributed by atoms with Crippen molar-refractivity contribution in [3.63, 3.8) is 0 Å². The molecule has 0 radical (unpaired) electrons. The topological polar surface area (TPSA) is 101 Å². The van der Waals surface area contributed by atoms with Crippen molar-refractivity contribution in [3.05, 3.63) is 52.8 Å². The fourth-order valence-corrected chi connectivity index (χ4v) is 4.20. The van der Waals surface area contributed by atoms with Gasteiger partial charge < -0.3 is 20.5 Å². The Balaban J connectivity index is 1.41. The van der Waals surface area contributed by atoms with Crippen molar-refractivity contribution in [2.75, 3.05) is 18.4 Å². The molecule has 1 aromatic heterocycles. The molecular weight excluding hydrogens is 366 g/mol. The minimum Gasteiger partial charge on any atom is -0.385 e. The van der Waals surface area contributed by atoms with Crippen LogP contribution in [0.15, 0.2) is 30.5 Å². The molecule has 29 heavy (non-hydrogen) atoms. The second-order valence-electron chi connectivity index (χ2n) is 7.88. The highest BCUT2D eigenvalue weighted by atomic mass is 16.2. The van der Waals surface area contributed by atoms with Gasteiger partial charge in [0.1, 0.15) is 11.8 Å². The molecular formula is C22H25N5O2. The van der Waals surface area contributed by atoms with Crippen molar-refractivity contribution in [1.29, 1.82) is 5.26 Å². The maximum atomic E-state index is 12.8. The fourth-order valence-electron chi connectivity index (χ4n) is 4.20. The van der Waals surface area contributed by atoms with Crippen LogP contribution in [0.5, 0.6) is 0 Å². The van der Waals surface area contributed by atoms with Crippen molar-refractivity contribution < 1.29 is 9.59 Å². The minimum atomic E-state index is -0.146. The van der Waals surface area contributed by atoms with Crippen LogP contribution in [0.1, 0.15) is 58.2 Å². The second-order valence-corrected chi connectivity index (χ2v) is 7.88. The van der Waals surface area contributed by atoms with Gasteiger partial charge in [-0.05, 0) is 62.4 Å². The lowest BCUT2D eigenvalue weighted by molar-refractivity contribution is 0.0735. The molecule has 3 heterocycles. The number of hydrogen-bond acceptors (Lipinski definition) is 4. The number of anilines is 1. The largest absolute Gasteiger partial charge is 0.385 e. The van der Waals surface area contributed by atoms with Crippen LogP contribution in [-0.2, 0) is 6.42 Å². The molecule has 4 rings (SSSR count). The van der Waals surface area contributed by atoms with Gasteiger partial charge in [0.25, 0.3) is 11.8 Å². The highest BCUT2D eigenvalue weighted by molar-refractivity contribution is 5.96. The summed E-state index contributed by atoms with van der Waals surface area (Å²) in [5, 5.41) is 15.4. The molecule has 0 aliphatic carbocycles. The predicted molar refractivity (Wildman–Crippen MR) is 110 cm³/mol. The molecule has 2 aliphatic heterocycles. The normalized spacial score (nSPS) is 20.9. The standard InChI is InChI=1S/C22H25N5O2/c1-14-8-18(13-27(14)22(29)20-9-15(11-23)12-25-20)26-21(28)17-5-6-19-16(10-17)4-2-3-7-24-19/h5-6,9-10,12,14,18,24-25H,2-4,7-8,13H2,1H3,(H,26,28). The number of likely N-dealkylation sites (tertiary alicyclic amines) is 1. The Hall–Kier alpha value is -3.27. The molecule has 3 N–H and O–H groups in total. The molecule has 150 valence electrons. The van der Waals surface area contributed by atoms with Crippen LogP contribution < -0.4 is 10.6 Å². The number of aromatic amines is 1. The lowest BCUT2D eigenvalue weighted by Gasteiger charge is -2.20. The van der Waals surface area contributed by atoms with Gasteiger partial charge in [0.15, 0.2) is 0 Å². The summed E-state index contributed by atoms with van der Waals surface area (Å²) in [6, 6.07) is 9.32. The number of benzene rings is 1. The van der Waals surface area contributed by atoms with E-state index in [0.29, 0.717) is 29.8 Å². The summed E-state index contributed by atoms with van der Waals surface area (Å²) in [5.41, 5.74) is 3.80. The van der Waals surface area contributed by atoms with E-state index in [4.69, 9.17) is 5.26 Å². The summed E-state index contributed by atoms with van der Waals surface area (Å²) in [6.45, 7) is 3.41. The van der Waals surface area contributed by atoms with E-state index in [1.165, 1.54) is 11.8 Å². The zero-order valence-electron chi connectivity index (χ0n) is 16.5. The quantitative estimate of drug-likeness (QED) is 0.749. The van der Waals surface area contributed by atoms with E-state index in [9.17, 15) is 9.59 Å². The van der Waals surface area contributed by atoms with E-state index in [1.807, 2.05) is 31.2 Å². The molecule has 2 aromatic rings. The van der Waals surface area contributed by atoms with Crippen molar-refractivity contribution in [3.8, 4) is 6.07 Å². The Bertz CT molecular complexity index is 974. The minimum absolute atomic E-state index is 0.0119. The molecule has 2 amide bonds. The van der Waals surface area contributed by atoms with Crippen molar-refractivity contribution >= 4 is 17.5 Å². The molecule has 0 saturated carbocycles. The second kappa shape index (κ2) is 8.00. The molecule has 7 nitrogen and oxygen atoms in total. The molecule has 1 saturated heterocycles. The number of nitrogens with zero attached hydrogens (tertiary/aromatic N) is 2. The average molecular weight is 391 g/mol. The Morgan fingerprint density at radius 2 is 2.14 bits per heavy atom. The van der Waals surface area contributed by atoms with Crippen LogP contribution in [0, 0.1) is 11.3 Å². The Kier molecular flexibility index (Phi) is 5.26. The molecule has 1 aromatic carbocycles. The third-order valence-electron chi connectivity index (χ3n) is 5.77. The van der Waals surface area contributed by atoms with Gasteiger partial charge in [-0.3, -0.25) is 9.59 Å². The third-order valence-corrected chi connectivity index (χ3v) is 5.77. The molecule has 2 atom stereocenters. The average Bonchev–Trinajstić information content (AvgIpc) is 3.27. The number of nitriles is 1. The molecule has 0 spiro atoms. The first kappa shape index (κ1) is 19.1. The van der Waals surface area contributed by atoms with Gasteiger partial charge in [0.05, 0.1) is 5.56 Å². The van der Waals surface area contributed by atoms with Crippen LogP contribution in [-0.4, -0.2) is 46.9 Å². The summed E-state index contributed by atoms with van der Waals surface area (Å²) >= 11 is 0. The van der Waals surface area contributed by atoms with Crippen molar-refractivity contribution in [2.45, 2.75) is 44.7 Å². The van der Waals surface area contributed by atoms with Gasteiger partial charge in [-0.1, -0.05) is 0 Å². The first-order valence-corrected chi connectivity index (χ1v) is 10.1. The number of H-pyrrole nitrogens is 1. The van der Waals surface area contributed by atoms with E-state index < -0.39 is 0 Å². The molecule has 2 aliphatic rings. The van der Waals surface area contributed by atoms with Gasteiger partial charge in [-0.15, -0.1) is 0 Å². The van der Waals surface area contributed by atoms with E-state index in [2.05, 4.69) is 15.6 Å². The highest BCUT2D eigenvalue weighted by Gasteiger charge is 2.34. The fraction of sp³-hybridized carbons (Fsp3) is 0.409. The van der Waals surface area contributed by atoms with E-state index >= 15 is 0 Å². The maximum Gasteiger partial charge on any atom is 0.270 e. The number of fused-ring (bicyclic) bond motifs is 1. The molecule has 2 unspecified atom stereocenters. The van der Waals surface area contributed by atoms with Crippen LogP contribution >= 0.6 is 0 Å². The maximum absolute atomic E-state index is 12.8. The monoisotopic (exact) mass is 391 g/mol. The van der Waals surface area contributed by atoms with Gasteiger partial charge in [-0.2, -0.15) is 5.26 Å². The summed E-state index contributed by atoms with van der Waals surface area (Å²) in [4.78, 5) is 30.1. The number of hydrogen-bond donors (Lipinski definition) is 3. The van der Waals surface area contributed by atoms with Gasteiger partial charge >= 0.3 is 0 Å². The Morgan fingerprint density at radius 1 is 1.28 bits per heavy atom. The summed E-state index contributed by atoms with van der Waals surface area (Å²) < 4.78 is 0.